The molecule has 1 amide bonds. The Bertz CT molecular complexity index is 726. The smallest absolute Gasteiger partial charge is 0.256 e. The second-order valence-electron chi connectivity index (χ2n) is 3.88. The van der Waals surface area contributed by atoms with Gasteiger partial charge in [0.2, 0.25) is 0 Å². The Balaban J connectivity index is 2.31. The Hall–Kier alpha value is -1.35. The molecule has 0 saturated carbocycles. The van der Waals surface area contributed by atoms with Gasteiger partial charge in [0.1, 0.15) is 6.07 Å². The second kappa shape index (κ2) is 6.40. The highest BCUT2D eigenvalue weighted by atomic mass is 79.9. The number of carbonyl (C=O) groups excluding carboxylic acids is 1. The van der Waals surface area contributed by atoms with Crippen LogP contribution in [0.25, 0.3) is 0 Å². The number of carbonyl (C=O) groups is 1. The first kappa shape index (κ1) is 15.0. The number of nitrogens with one attached hydrogen (secondary N) is 1. The zero-order valence-corrected chi connectivity index (χ0v) is 13.9. The molecule has 0 heterocycles. The maximum Gasteiger partial charge on any atom is 0.256 e. The van der Waals surface area contributed by atoms with E-state index >= 15 is 0 Å². The van der Waals surface area contributed by atoms with Gasteiger partial charge in [0.15, 0.2) is 0 Å². The molecule has 20 heavy (non-hydrogen) atoms. The summed E-state index contributed by atoms with van der Waals surface area (Å²) in [6.07, 6.45) is 0. The molecule has 0 atom stereocenters. The van der Waals surface area contributed by atoms with Gasteiger partial charge in [-0.05, 0) is 52.3 Å². The molecule has 0 aliphatic heterocycles. The van der Waals surface area contributed by atoms with Crippen LogP contribution in [-0.4, -0.2) is 5.91 Å². The molecule has 0 fully saturated rings. The van der Waals surface area contributed by atoms with Crippen LogP contribution in [0.1, 0.15) is 15.9 Å². The van der Waals surface area contributed by atoms with Crippen LogP contribution in [0.5, 0.6) is 0 Å². The minimum atomic E-state index is -0.313. The summed E-state index contributed by atoms with van der Waals surface area (Å²) in [6, 6.07) is 12.0. The van der Waals surface area contributed by atoms with E-state index in [2.05, 4.69) is 37.2 Å². The molecule has 1 N–H and O–H groups in total. The molecule has 0 bridgehead atoms. The van der Waals surface area contributed by atoms with Gasteiger partial charge >= 0.3 is 0 Å². The van der Waals surface area contributed by atoms with Gasteiger partial charge in [-0.15, -0.1) is 0 Å². The molecule has 0 aliphatic carbocycles. The minimum absolute atomic E-state index is 0.313. The van der Waals surface area contributed by atoms with E-state index in [1.54, 1.807) is 36.4 Å². The maximum atomic E-state index is 12.2. The molecule has 100 valence electrons. The van der Waals surface area contributed by atoms with E-state index in [0.717, 1.165) is 4.47 Å². The monoisotopic (exact) mass is 412 g/mol. The number of nitrogens with zero attached hydrogens (tertiary/aromatic N) is 1. The van der Waals surface area contributed by atoms with Crippen molar-refractivity contribution in [3.8, 4) is 6.07 Å². The molecule has 6 heteroatoms. The van der Waals surface area contributed by atoms with Gasteiger partial charge in [-0.2, -0.15) is 5.26 Å². The minimum Gasteiger partial charge on any atom is -0.321 e. The van der Waals surface area contributed by atoms with Crippen LogP contribution in [0.4, 0.5) is 5.69 Å². The quantitative estimate of drug-likeness (QED) is 0.753. The number of hydrogen-bond acceptors (Lipinski definition) is 2. The SMILES string of the molecule is N#Cc1cc(Br)ccc1NC(=O)c1ccc(Cl)cc1Br. The molecule has 2 aromatic carbocycles. The lowest BCUT2D eigenvalue weighted by molar-refractivity contribution is 0.102. The zero-order valence-electron chi connectivity index (χ0n) is 9.95. The number of anilines is 1. The number of hydrogen-bond donors (Lipinski definition) is 1. The maximum absolute atomic E-state index is 12.2. The van der Waals surface area contributed by atoms with Gasteiger partial charge in [0.05, 0.1) is 16.8 Å². The third-order valence-corrected chi connectivity index (χ3v) is 3.91. The molecule has 0 aliphatic rings. The molecule has 0 saturated heterocycles. The van der Waals surface area contributed by atoms with E-state index in [-0.39, 0.29) is 5.91 Å². The van der Waals surface area contributed by atoms with Crippen LogP contribution in [0.2, 0.25) is 5.02 Å². The zero-order chi connectivity index (χ0) is 14.7. The summed E-state index contributed by atoms with van der Waals surface area (Å²) in [5.41, 5.74) is 1.29. The van der Waals surface area contributed by atoms with Crippen molar-refractivity contribution in [3.05, 3.63) is 61.5 Å². The Morgan fingerprint density at radius 3 is 2.60 bits per heavy atom. The average molecular weight is 414 g/mol. The van der Waals surface area contributed by atoms with Crippen LogP contribution >= 0.6 is 43.5 Å². The third kappa shape index (κ3) is 3.40. The lowest BCUT2D eigenvalue weighted by Crippen LogP contribution is -2.13. The Morgan fingerprint density at radius 2 is 1.95 bits per heavy atom. The fourth-order valence-corrected chi connectivity index (χ4v) is 2.81. The predicted molar refractivity (Wildman–Crippen MR) is 86.0 cm³/mol. The third-order valence-electron chi connectivity index (χ3n) is 2.53. The van der Waals surface area contributed by atoms with E-state index in [1.165, 1.54) is 0 Å². The van der Waals surface area contributed by atoms with Gasteiger partial charge in [-0.25, -0.2) is 0 Å². The topological polar surface area (TPSA) is 52.9 Å². The number of halogens is 3. The van der Waals surface area contributed by atoms with Crippen molar-refractivity contribution in [1.29, 1.82) is 5.26 Å². The first-order chi connectivity index (χ1) is 9.51. The highest BCUT2D eigenvalue weighted by Crippen LogP contribution is 2.24. The van der Waals surface area contributed by atoms with Crippen molar-refractivity contribution in [2.75, 3.05) is 5.32 Å². The summed E-state index contributed by atoms with van der Waals surface area (Å²) in [5, 5.41) is 12.3. The number of nitriles is 1. The molecule has 0 radical (unpaired) electrons. The molecule has 0 aromatic heterocycles. The van der Waals surface area contributed by atoms with E-state index in [1.807, 2.05) is 6.07 Å². The van der Waals surface area contributed by atoms with Crippen molar-refractivity contribution in [2.24, 2.45) is 0 Å². The standard InChI is InChI=1S/C14H7Br2ClN2O/c15-9-1-4-13(8(5-9)7-18)19-14(20)11-3-2-10(17)6-12(11)16/h1-6H,(H,19,20). The Kier molecular flexibility index (Phi) is 4.81. The summed E-state index contributed by atoms with van der Waals surface area (Å²) in [4.78, 5) is 12.2. The molecule has 0 unspecified atom stereocenters. The molecular weight excluding hydrogens is 407 g/mol. The van der Waals surface area contributed by atoms with Crippen molar-refractivity contribution >= 4 is 55.1 Å². The number of rotatable bonds is 2. The lowest BCUT2D eigenvalue weighted by Gasteiger charge is -2.09. The average Bonchev–Trinajstić information content (AvgIpc) is 2.40. The van der Waals surface area contributed by atoms with Gasteiger partial charge in [-0.1, -0.05) is 27.5 Å². The first-order valence-corrected chi connectivity index (χ1v) is 7.43. The fourth-order valence-electron chi connectivity index (χ4n) is 1.58. The van der Waals surface area contributed by atoms with Gasteiger partial charge in [0, 0.05) is 14.0 Å². The van der Waals surface area contributed by atoms with Crippen molar-refractivity contribution in [3.63, 3.8) is 0 Å². The molecule has 2 rings (SSSR count). The van der Waals surface area contributed by atoms with E-state index in [0.29, 0.717) is 26.3 Å². The van der Waals surface area contributed by atoms with Crippen LogP contribution < -0.4 is 5.32 Å². The first-order valence-electron chi connectivity index (χ1n) is 5.47. The van der Waals surface area contributed by atoms with Gasteiger partial charge in [-0.3, -0.25) is 4.79 Å². The molecule has 0 spiro atoms. The highest BCUT2D eigenvalue weighted by Gasteiger charge is 2.12. The van der Waals surface area contributed by atoms with Crippen molar-refractivity contribution in [2.45, 2.75) is 0 Å². The van der Waals surface area contributed by atoms with E-state index in [4.69, 9.17) is 16.9 Å². The molecule has 3 nitrogen and oxygen atoms in total. The Morgan fingerprint density at radius 1 is 1.20 bits per heavy atom. The van der Waals surface area contributed by atoms with Crippen LogP contribution in [0, 0.1) is 11.3 Å². The summed E-state index contributed by atoms with van der Waals surface area (Å²) in [7, 11) is 0. The van der Waals surface area contributed by atoms with E-state index < -0.39 is 0 Å². The van der Waals surface area contributed by atoms with E-state index in [9.17, 15) is 4.79 Å². The van der Waals surface area contributed by atoms with Crippen LogP contribution in [0.3, 0.4) is 0 Å². The number of amides is 1. The summed E-state index contributed by atoms with van der Waals surface area (Å²) in [6.45, 7) is 0. The van der Waals surface area contributed by atoms with Gasteiger partial charge in [0.25, 0.3) is 5.91 Å². The molecular formula is C14H7Br2ClN2O. The largest absolute Gasteiger partial charge is 0.321 e. The fraction of sp³-hybridized carbons (Fsp3) is 0. The van der Waals surface area contributed by atoms with Crippen molar-refractivity contribution < 1.29 is 4.79 Å². The lowest BCUT2D eigenvalue weighted by atomic mass is 10.1. The van der Waals surface area contributed by atoms with Crippen LogP contribution in [0.15, 0.2) is 45.3 Å². The van der Waals surface area contributed by atoms with Crippen molar-refractivity contribution in [1.82, 2.24) is 0 Å². The summed E-state index contributed by atoms with van der Waals surface area (Å²) in [5.74, 6) is -0.313. The molecule has 2 aromatic rings. The summed E-state index contributed by atoms with van der Waals surface area (Å²) < 4.78 is 1.37. The van der Waals surface area contributed by atoms with Crippen LogP contribution in [-0.2, 0) is 0 Å². The predicted octanol–water partition coefficient (Wildman–Crippen LogP) is 4.99. The highest BCUT2D eigenvalue weighted by molar-refractivity contribution is 9.10. The summed E-state index contributed by atoms with van der Waals surface area (Å²) >= 11 is 12.4. The second-order valence-corrected chi connectivity index (χ2v) is 6.09. The Labute approximate surface area is 137 Å². The normalized spacial score (nSPS) is 9.90. The number of benzene rings is 2. The van der Waals surface area contributed by atoms with Gasteiger partial charge < -0.3 is 5.32 Å².